The average Bonchev–Trinajstić information content (AvgIpc) is 4.09. The van der Waals surface area contributed by atoms with Crippen LogP contribution in [0.5, 0.6) is 0 Å². The predicted octanol–water partition coefficient (Wildman–Crippen LogP) is 13.0. The Kier molecular flexibility index (Phi) is 19.3. The highest BCUT2D eigenvalue weighted by atomic mass is 79.9. The lowest BCUT2D eigenvalue weighted by molar-refractivity contribution is -0.0561. The first-order valence-electron chi connectivity index (χ1n) is 27.6. The maximum Gasteiger partial charge on any atom is 0.495 e. The topological polar surface area (TPSA) is 137 Å². The molecule has 4 aromatic carbocycles. The highest BCUT2D eigenvalue weighted by Crippen LogP contribution is 2.38. The molecule has 0 spiro atoms. The molecule has 0 amide bonds. The van der Waals surface area contributed by atoms with Crippen LogP contribution in [0.4, 0.5) is 0 Å². The van der Waals surface area contributed by atoms with Gasteiger partial charge < -0.3 is 46.8 Å². The van der Waals surface area contributed by atoms with Crippen molar-refractivity contribution in [3.63, 3.8) is 0 Å². The van der Waals surface area contributed by atoms with Gasteiger partial charge in [0.2, 0.25) is 11.8 Å². The van der Waals surface area contributed by atoms with Crippen molar-refractivity contribution in [3.8, 4) is 22.9 Å². The lowest BCUT2D eigenvalue weighted by atomic mass is 9.76. The van der Waals surface area contributed by atoms with E-state index < -0.39 is 7.12 Å². The molecule has 0 radical (unpaired) electrons. The van der Waals surface area contributed by atoms with Crippen molar-refractivity contribution in [2.45, 2.75) is 206 Å². The van der Waals surface area contributed by atoms with Crippen molar-refractivity contribution >= 4 is 41.1 Å². The number of rotatable bonds is 14. The summed E-state index contributed by atoms with van der Waals surface area (Å²) < 4.78 is 55.1. The Labute approximate surface area is 467 Å². The molecule has 2 saturated carbocycles. The Morgan fingerprint density at radius 1 is 0.519 bits per heavy atom. The van der Waals surface area contributed by atoms with Crippen LogP contribution in [-0.4, -0.2) is 76.1 Å². The average molecular weight is 1120 g/mol. The molecule has 10 rings (SSSR count). The highest BCUT2D eigenvalue weighted by molar-refractivity contribution is 9.08. The summed E-state index contributed by atoms with van der Waals surface area (Å²) >= 11 is 3.50. The minimum absolute atomic E-state index is 0.127. The molecule has 15 heteroatoms. The van der Waals surface area contributed by atoms with Crippen LogP contribution in [0.1, 0.15) is 152 Å². The zero-order valence-electron chi connectivity index (χ0n) is 47.6. The second kappa shape index (κ2) is 25.4. The van der Waals surface area contributed by atoms with Crippen LogP contribution < -0.4 is 10.9 Å². The maximum absolute atomic E-state index is 9.70. The fourth-order valence-corrected chi connectivity index (χ4v) is 10.4. The van der Waals surface area contributed by atoms with E-state index in [2.05, 4.69) is 139 Å². The number of aliphatic hydroxyl groups is 1. The molecule has 2 aliphatic heterocycles. The Bertz CT molecular complexity index is 2850. The molecular formula is C62H81B2BrN2O10. The third-order valence-electron chi connectivity index (χ3n) is 16.1. The van der Waals surface area contributed by atoms with E-state index in [0.29, 0.717) is 31.6 Å². The van der Waals surface area contributed by atoms with Gasteiger partial charge in [-0.2, -0.15) is 0 Å². The molecule has 0 unspecified atom stereocenters. The molecule has 12 nitrogen and oxygen atoms in total. The standard InChI is InChI=1S/C31H40BNO5.C18H23NO3.C13H18BBrO2/c1-21-11-9-13-23(17-21)29-33-28(22(2)36-29)20-35-26-15-10-14-25(18-26)34-19-24-12-7-8-16-27(24)32-37-30(3,4)31(5,6)38-32;1-12-5-3-6-14(9-12)18-19-17(13(2)22-18)11-21-16-8-4-7-15(20)10-16;1-12(2)13(3,4)17-14(16-12)11-8-6-5-7-10(11)9-15/h7-9,11-13,16-17,25-26H,10,14-15,18-20H2,1-6H3;3,5-6,9,15-16,20H,4,7-8,10-11H2,1-2H3;5-8H,9H2,1-4H3/t25-,26+;15-,16+;/m11./s1. The van der Waals surface area contributed by atoms with Gasteiger partial charge in [-0.3, -0.25) is 0 Å². The SMILES string of the molecule is CC1(C)OB(c2ccccc2CBr)OC1(C)C.Cc1cccc(-c2nc(CO[C@H]3CCC[C@@H](O)C3)c(C)o2)c1.Cc1cccc(-c2nc(CO[C@H]3CCC[C@@H](OCc4ccccc4B4OC(C)(C)C(C)(C)O4)C3)c(C)o2)c1. The Morgan fingerprint density at radius 2 is 0.922 bits per heavy atom. The summed E-state index contributed by atoms with van der Waals surface area (Å²) in [6.45, 7) is 26.0. The zero-order valence-corrected chi connectivity index (χ0v) is 49.2. The number of oxazole rings is 2. The maximum atomic E-state index is 9.70. The first kappa shape index (κ1) is 58.7. The molecule has 2 aromatic heterocycles. The van der Waals surface area contributed by atoms with Gasteiger partial charge in [-0.1, -0.05) is 99.9 Å². The number of hydrogen-bond donors (Lipinski definition) is 1. The van der Waals surface area contributed by atoms with Crippen LogP contribution in [-0.2, 0) is 58.0 Å². The van der Waals surface area contributed by atoms with Gasteiger partial charge in [0, 0.05) is 16.5 Å². The minimum atomic E-state index is -0.391. The number of hydrogen-bond acceptors (Lipinski definition) is 12. The number of aromatic nitrogens is 2. The van der Waals surface area contributed by atoms with Crippen molar-refractivity contribution in [1.82, 2.24) is 9.97 Å². The number of benzene rings is 4. The summed E-state index contributed by atoms with van der Waals surface area (Å²) in [7, 11) is -0.661. The summed E-state index contributed by atoms with van der Waals surface area (Å²) in [5, 5.41) is 10.5. The van der Waals surface area contributed by atoms with Crippen LogP contribution in [0.15, 0.2) is 106 Å². The molecular weight excluding hydrogens is 1030 g/mol. The molecule has 6 aromatic rings. The summed E-state index contributed by atoms with van der Waals surface area (Å²) in [4.78, 5) is 9.29. The van der Waals surface area contributed by atoms with E-state index >= 15 is 0 Å². The fraction of sp³-hybridized carbons (Fsp3) is 0.516. The molecule has 4 aliphatic rings. The summed E-state index contributed by atoms with van der Waals surface area (Å²) in [5.74, 6) is 2.90. The Hall–Kier alpha value is -4.41. The zero-order chi connectivity index (χ0) is 55.1. The van der Waals surface area contributed by atoms with Gasteiger partial charge in [0.05, 0.1) is 66.6 Å². The van der Waals surface area contributed by atoms with Crippen LogP contribution in [0, 0.1) is 27.7 Å². The van der Waals surface area contributed by atoms with E-state index in [9.17, 15) is 5.11 Å². The van der Waals surface area contributed by atoms with E-state index in [1.54, 1.807) is 0 Å². The third-order valence-corrected chi connectivity index (χ3v) is 16.8. The number of halogens is 1. The van der Waals surface area contributed by atoms with Crippen LogP contribution >= 0.6 is 15.9 Å². The van der Waals surface area contributed by atoms with Crippen molar-refractivity contribution < 1.29 is 46.8 Å². The smallest absolute Gasteiger partial charge is 0.441 e. The molecule has 412 valence electrons. The molecule has 4 fully saturated rings. The van der Waals surface area contributed by atoms with Crippen molar-refractivity contribution in [1.29, 1.82) is 0 Å². The van der Waals surface area contributed by atoms with Crippen molar-refractivity contribution in [2.75, 3.05) is 0 Å². The van der Waals surface area contributed by atoms with Gasteiger partial charge in [0.1, 0.15) is 22.9 Å². The van der Waals surface area contributed by atoms with Gasteiger partial charge in [0.25, 0.3) is 0 Å². The van der Waals surface area contributed by atoms with Crippen LogP contribution in [0.3, 0.4) is 0 Å². The molecule has 2 aliphatic carbocycles. The van der Waals surface area contributed by atoms with E-state index in [4.69, 9.17) is 46.6 Å². The van der Waals surface area contributed by atoms with Gasteiger partial charge >= 0.3 is 14.2 Å². The summed E-state index contributed by atoms with van der Waals surface area (Å²) in [6.07, 6.45) is 7.89. The fourth-order valence-electron chi connectivity index (χ4n) is 9.93. The second-order valence-corrected chi connectivity index (χ2v) is 23.8. The van der Waals surface area contributed by atoms with E-state index in [-0.39, 0.29) is 53.9 Å². The molecule has 1 N–H and O–H groups in total. The van der Waals surface area contributed by atoms with E-state index in [1.165, 1.54) is 16.7 Å². The first-order chi connectivity index (χ1) is 36.6. The number of ether oxygens (including phenoxy) is 3. The first-order valence-corrected chi connectivity index (χ1v) is 28.7. The molecule has 77 heavy (non-hydrogen) atoms. The monoisotopic (exact) mass is 1110 g/mol. The third kappa shape index (κ3) is 14.9. The Morgan fingerprint density at radius 3 is 1.36 bits per heavy atom. The highest BCUT2D eigenvalue weighted by Gasteiger charge is 2.53. The molecule has 4 atom stereocenters. The quantitative estimate of drug-likeness (QED) is 0.0821. The number of aliphatic hydroxyl groups excluding tert-OH is 1. The van der Waals surface area contributed by atoms with Crippen LogP contribution in [0.25, 0.3) is 22.9 Å². The number of alkyl halides is 1. The van der Waals surface area contributed by atoms with Gasteiger partial charge in [-0.05, 0) is 181 Å². The lowest BCUT2D eigenvalue weighted by Crippen LogP contribution is -2.41. The number of aryl methyl sites for hydroxylation is 4. The normalized spacial score (nSPS) is 22.3. The predicted molar refractivity (Wildman–Crippen MR) is 308 cm³/mol. The number of nitrogens with zero attached hydrogens (tertiary/aromatic N) is 2. The second-order valence-electron chi connectivity index (χ2n) is 23.3. The van der Waals surface area contributed by atoms with Crippen LogP contribution in [0.2, 0.25) is 0 Å². The lowest BCUT2D eigenvalue weighted by Gasteiger charge is -2.32. The minimum Gasteiger partial charge on any atom is -0.441 e. The largest absolute Gasteiger partial charge is 0.495 e. The van der Waals surface area contributed by atoms with Crippen molar-refractivity contribution in [3.05, 3.63) is 142 Å². The molecule has 0 bridgehead atoms. The van der Waals surface area contributed by atoms with Gasteiger partial charge in [-0.25, -0.2) is 9.97 Å². The summed E-state index contributed by atoms with van der Waals surface area (Å²) in [6, 6.07) is 32.8. The van der Waals surface area contributed by atoms with E-state index in [0.717, 1.165) is 107 Å². The summed E-state index contributed by atoms with van der Waals surface area (Å²) in [5.41, 5.74) is 9.22. The van der Waals surface area contributed by atoms with Gasteiger partial charge in [0.15, 0.2) is 0 Å². The Balaban J connectivity index is 0.000000169. The van der Waals surface area contributed by atoms with Gasteiger partial charge in [-0.15, -0.1) is 0 Å². The molecule has 2 saturated heterocycles. The van der Waals surface area contributed by atoms with Crippen molar-refractivity contribution in [2.24, 2.45) is 0 Å². The molecule has 4 heterocycles. The van der Waals surface area contributed by atoms with E-state index in [1.807, 2.05) is 62.4 Å².